The Hall–Kier alpha value is -1.85. The molecular formula is C20H23BrN2O2. The molecule has 2 unspecified atom stereocenters. The third-order valence-electron chi connectivity index (χ3n) is 4.52. The standard InChI is InChI=1S/C20H23BrN2O2/c1-13(20(24)23-18-6-4-3-5-17(18)21)22-19(14-7-8-14)15-9-11-16(25-2)12-10-15/h3-6,9-14,19,22H,7-8H2,1-2H3,(H,23,24). The van der Waals surface area contributed by atoms with Crippen molar-refractivity contribution >= 4 is 27.5 Å². The Morgan fingerprint density at radius 1 is 1.16 bits per heavy atom. The molecule has 132 valence electrons. The molecule has 1 fully saturated rings. The zero-order chi connectivity index (χ0) is 17.8. The van der Waals surface area contributed by atoms with Crippen molar-refractivity contribution < 1.29 is 9.53 Å². The summed E-state index contributed by atoms with van der Waals surface area (Å²) >= 11 is 3.46. The molecule has 2 aromatic rings. The van der Waals surface area contributed by atoms with Crippen molar-refractivity contribution in [2.75, 3.05) is 12.4 Å². The number of carbonyl (C=O) groups excluding carboxylic acids is 1. The molecule has 0 radical (unpaired) electrons. The van der Waals surface area contributed by atoms with Crippen LogP contribution in [0.1, 0.15) is 31.4 Å². The van der Waals surface area contributed by atoms with Crippen LogP contribution in [-0.2, 0) is 4.79 Å². The molecule has 5 heteroatoms. The van der Waals surface area contributed by atoms with E-state index in [9.17, 15) is 4.79 Å². The summed E-state index contributed by atoms with van der Waals surface area (Å²) in [6.45, 7) is 1.91. The van der Waals surface area contributed by atoms with Crippen LogP contribution in [0.2, 0.25) is 0 Å². The van der Waals surface area contributed by atoms with Crippen molar-refractivity contribution in [3.63, 3.8) is 0 Å². The quantitative estimate of drug-likeness (QED) is 0.715. The van der Waals surface area contributed by atoms with Crippen molar-refractivity contribution in [2.45, 2.75) is 31.8 Å². The van der Waals surface area contributed by atoms with Gasteiger partial charge in [-0.3, -0.25) is 10.1 Å². The van der Waals surface area contributed by atoms with Crippen molar-refractivity contribution in [1.29, 1.82) is 0 Å². The number of nitrogens with one attached hydrogen (secondary N) is 2. The van der Waals surface area contributed by atoms with E-state index in [4.69, 9.17) is 4.74 Å². The summed E-state index contributed by atoms with van der Waals surface area (Å²) < 4.78 is 6.11. The Morgan fingerprint density at radius 2 is 1.84 bits per heavy atom. The van der Waals surface area contributed by atoms with Crippen molar-refractivity contribution in [3.05, 3.63) is 58.6 Å². The Bertz CT molecular complexity index is 729. The van der Waals surface area contributed by atoms with E-state index >= 15 is 0 Å². The summed E-state index contributed by atoms with van der Waals surface area (Å²) in [4.78, 5) is 12.6. The summed E-state index contributed by atoms with van der Waals surface area (Å²) in [7, 11) is 1.67. The number of halogens is 1. The molecule has 0 heterocycles. The number of hydrogen-bond acceptors (Lipinski definition) is 3. The highest BCUT2D eigenvalue weighted by Gasteiger charge is 2.34. The molecule has 2 atom stereocenters. The number of carbonyl (C=O) groups is 1. The number of methoxy groups -OCH3 is 1. The molecule has 1 aliphatic rings. The molecule has 0 bridgehead atoms. The second kappa shape index (κ2) is 8.02. The second-order valence-electron chi connectivity index (χ2n) is 6.45. The average molecular weight is 403 g/mol. The summed E-state index contributed by atoms with van der Waals surface area (Å²) in [5.41, 5.74) is 1.98. The number of benzene rings is 2. The molecule has 2 aromatic carbocycles. The van der Waals surface area contributed by atoms with Gasteiger partial charge in [0.1, 0.15) is 5.75 Å². The molecule has 1 saturated carbocycles. The number of hydrogen-bond donors (Lipinski definition) is 2. The fourth-order valence-corrected chi connectivity index (χ4v) is 3.28. The number of amides is 1. The van der Waals surface area contributed by atoms with Gasteiger partial charge in [-0.1, -0.05) is 24.3 Å². The summed E-state index contributed by atoms with van der Waals surface area (Å²) in [6.07, 6.45) is 2.39. The van der Waals surface area contributed by atoms with Crippen LogP contribution in [0, 0.1) is 5.92 Å². The molecule has 0 aromatic heterocycles. The van der Waals surface area contributed by atoms with Gasteiger partial charge in [-0.25, -0.2) is 0 Å². The Balaban J connectivity index is 1.67. The van der Waals surface area contributed by atoms with Crippen LogP contribution in [-0.4, -0.2) is 19.1 Å². The minimum absolute atomic E-state index is 0.0361. The maximum absolute atomic E-state index is 12.6. The summed E-state index contributed by atoms with van der Waals surface area (Å²) in [5, 5.41) is 6.48. The second-order valence-corrected chi connectivity index (χ2v) is 7.30. The van der Waals surface area contributed by atoms with E-state index in [-0.39, 0.29) is 18.0 Å². The predicted octanol–water partition coefficient (Wildman–Crippen LogP) is 4.53. The zero-order valence-electron chi connectivity index (χ0n) is 14.5. The van der Waals surface area contributed by atoms with Gasteiger partial charge in [0.2, 0.25) is 5.91 Å². The topological polar surface area (TPSA) is 50.4 Å². The van der Waals surface area contributed by atoms with Crippen LogP contribution < -0.4 is 15.4 Å². The van der Waals surface area contributed by atoms with E-state index in [1.165, 1.54) is 18.4 Å². The lowest BCUT2D eigenvalue weighted by molar-refractivity contribution is -0.118. The van der Waals surface area contributed by atoms with E-state index in [1.807, 2.05) is 43.3 Å². The van der Waals surface area contributed by atoms with Gasteiger partial charge in [0.15, 0.2) is 0 Å². The number of ether oxygens (including phenoxy) is 1. The molecular weight excluding hydrogens is 380 g/mol. The van der Waals surface area contributed by atoms with Crippen LogP contribution in [0.3, 0.4) is 0 Å². The SMILES string of the molecule is COc1ccc(C(NC(C)C(=O)Nc2ccccc2Br)C2CC2)cc1. The fraction of sp³-hybridized carbons (Fsp3) is 0.350. The number of para-hydroxylation sites is 1. The highest BCUT2D eigenvalue weighted by atomic mass is 79.9. The highest BCUT2D eigenvalue weighted by molar-refractivity contribution is 9.10. The van der Waals surface area contributed by atoms with Crippen molar-refractivity contribution in [2.24, 2.45) is 5.92 Å². The van der Waals surface area contributed by atoms with Gasteiger partial charge in [0.25, 0.3) is 0 Å². The smallest absolute Gasteiger partial charge is 0.241 e. The Labute approximate surface area is 157 Å². The first kappa shape index (κ1) is 18.0. The van der Waals surface area contributed by atoms with Gasteiger partial charge >= 0.3 is 0 Å². The van der Waals surface area contributed by atoms with Crippen molar-refractivity contribution in [1.82, 2.24) is 5.32 Å². The van der Waals surface area contributed by atoms with E-state index in [0.717, 1.165) is 15.9 Å². The number of anilines is 1. The Morgan fingerprint density at radius 3 is 2.44 bits per heavy atom. The van der Waals surface area contributed by atoms with Gasteiger partial charge in [-0.2, -0.15) is 0 Å². The first-order valence-corrected chi connectivity index (χ1v) is 9.33. The maximum atomic E-state index is 12.6. The lowest BCUT2D eigenvalue weighted by Crippen LogP contribution is -2.41. The minimum atomic E-state index is -0.292. The molecule has 0 saturated heterocycles. The third-order valence-corrected chi connectivity index (χ3v) is 5.21. The summed E-state index contributed by atoms with van der Waals surface area (Å²) in [6, 6.07) is 15.6. The molecule has 1 aliphatic carbocycles. The fourth-order valence-electron chi connectivity index (χ4n) is 2.89. The monoisotopic (exact) mass is 402 g/mol. The average Bonchev–Trinajstić information content (AvgIpc) is 3.46. The minimum Gasteiger partial charge on any atom is -0.497 e. The first-order valence-electron chi connectivity index (χ1n) is 8.54. The van der Waals surface area contributed by atoms with E-state index in [1.54, 1.807) is 7.11 Å². The molecule has 2 N–H and O–H groups in total. The first-order chi connectivity index (χ1) is 12.1. The van der Waals surface area contributed by atoms with E-state index < -0.39 is 0 Å². The van der Waals surface area contributed by atoms with E-state index in [2.05, 4.69) is 38.7 Å². The van der Waals surface area contributed by atoms with Crippen LogP contribution >= 0.6 is 15.9 Å². The molecule has 0 aliphatic heterocycles. The van der Waals surface area contributed by atoms with Crippen LogP contribution in [0.25, 0.3) is 0 Å². The zero-order valence-corrected chi connectivity index (χ0v) is 16.0. The molecule has 25 heavy (non-hydrogen) atoms. The van der Waals surface area contributed by atoms with E-state index in [0.29, 0.717) is 5.92 Å². The Kier molecular flexibility index (Phi) is 5.76. The number of rotatable bonds is 7. The summed E-state index contributed by atoms with van der Waals surface area (Å²) in [5.74, 6) is 1.40. The van der Waals surface area contributed by atoms with Gasteiger partial charge in [-0.15, -0.1) is 0 Å². The highest BCUT2D eigenvalue weighted by Crippen LogP contribution is 2.41. The third kappa shape index (κ3) is 4.61. The van der Waals surface area contributed by atoms with Crippen molar-refractivity contribution in [3.8, 4) is 5.75 Å². The largest absolute Gasteiger partial charge is 0.497 e. The van der Waals surface area contributed by atoms with Gasteiger partial charge in [-0.05, 0) is 71.4 Å². The van der Waals surface area contributed by atoms with Crippen LogP contribution in [0.5, 0.6) is 5.75 Å². The van der Waals surface area contributed by atoms with Crippen LogP contribution in [0.4, 0.5) is 5.69 Å². The molecule has 0 spiro atoms. The molecule has 1 amide bonds. The predicted molar refractivity (Wildman–Crippen MR) is 104 cm³/mol. The van der Waals surface area contributed by atoms with Gasteiger partial charge < -0.3 is 10.1 Å². The van der Waals surface area contributed by atoms with Gasteiger partial charge in [0, 0.05) is 10.5 Å². The van der Waals surface area contributed by atoms with Gasteiger partial charge in [0.05, 0.1) is 18.8 Å². The molecule has 4 nitrogen and oxygen atoms in total. The normalized spacial score (nSPS) is 16.1. The maximum Gasteiger partial charge on any atom is 0.241 e. The lowest BCUT2D eigenvalue weighted by atomic mass is 10.0. The molecule has 3 rings (SSSR count). The lowest BCUT2D eigenvalue weighted by Gasteiger charge is -2.23. The van der Waals surface area contributed by atoms with Crippen LogP contribution in [0.15, 0.2) is 53.0 Å².